The molecule has 2 amide bonds. The van der Waals surface area contributed by atoms with Gasteiger partial charge in [-0.3, -0.25) is 0 Å². The third-order valence-electron chi connectivity index (χ3n) is 2.07. The average Bonchev–Trinajstić information content (AvgIpc) is 2.20. The minimum absolute atomic E-state index is 0.00533. The summed E-state index contributed by atoms with van der Waals surface area (Å²) < 4.78 is 1.03. The van der Waals surface area contributed by atoms with Crippen molar-refractivity contribution < 1.29 is 4.79 Å². The number of amides is 2. The Bertz CT molecular complexity index is 352. The molecule has 0 aliphatic rings. The highest BCUT2D eigenvalue weighted by atomic mass is 79.9. The van der Waals surface area contributed by atoms with Crippen molar-refractivity contribution in [2.45, 2.75) is 6.54 Å². The molecule has 0 N–H and O–H groups in total. The van der Waals surface area contributed by atoms with E-state index in [0.29, 0.717) is 6.54 Å². The molecule has 0 aliphatic carbocycles. The first kappa shape index (κ1) is 12.0. The number of benzene rings is 1. The SMILES string of the molecule is CN(C)C(=O)N(C)Cc1ccccc1Br. The number of carbonyl (C=O) groups is 1. The van der Waals surface area contributed by atoms with Crippen molar-refractivity contribution in [2.75, 3.05) is 21.1 Å². The van der Waals surface area contributed by atoms with Gasteiger partial charge in [-0.05, 0) is 11.6 Å². The molecule has 0 unspecified atom stereocenters. The zero-order chi connectivity index (χ0) is 11.4. The van der Waals surface area contributed by atoms with Crippen LogP contribution in [0.4, 0.5) is 4.79 Å². The Morgan fingerprint density at radius 1 is 1.27 bits per heavy atom. The van der Waals surface area contributed by atoms with Crippen LogP contribution in [0.25, 0.3) is 0 Å². The first-order valence-electron chi connectivity index (χ1n) is 4.68. The van der Waals surface area contributed by atoms with Crippen molar-refractivity contribution in [2.24, 2.45) is 0 Å². The molecule has 1 rings (SSSR count). The number of nitrogens with zero attached hydrogens (tertiary/aromatic N) is 2. The lowest BCUT2D eigenvalue weighted by Gasteiger charge is -2.22. The summed E-state index contributed by atoms with van der Waals surface area (Å²) in [6.07, 6.45) is 0. The Labute approximate surface area is 98.8 Å². The molecule has 82 valence electrons. The molecule has 0 heterocycles. The smallest absolute Gasteiger partial charge is 0.319 e. The van der Waals surface area contributed by atoms with E-state index in [9.17, 15) is 4.79 Å². The molecule has 0 atom stereocenters. The molecule has 0 bridgehead atoms. The fourth-order valence-corrected chi connectivity index (χ4v) is 1.70. The Hall–Kier alpha value is -1.03. The molecular formula is C11H15BrN2O. The second-order valence-corrected chi connectivity index (χ2v) is 4.48. The Morgan fingerprint density at radius 3 is 2.40 bits per heavy atom. The predicted molar refractivity (Wildman–Crippen MR) is 64.7 cm³/mol. The van der Waals surface area contributed by atoms with Gasteiger partial charge in [0.25, 0.3) is 0 Å². The van der Waals surface area contributed by atoms with Gasteiger partial charge in [0.1, 0.15) is 0 Å². The molecule has 0 fully saturated rings. The quantitative estimate of drug-likeness (QED) is 0.811. The minimum Gasteiger partial charge on any atom is -0.331 e. The van der Waals surface area contributed by atoms with E-state index in [1.807, 2.05) is 24.3 Å². The molecule has 4 heteroatoms. The number of rotatable bonds is 2. The summed E-state index contributed by atoms with van der Waals surface area (Å²) in [7, 11) is 5.29. The van der Waals surface area contributed by atoms with Crippen molar-refractivity contribution in [1.29, 1.82) is 0 Å². The highest BCUT2D eigenvalue weighted by molar-refractivity contribution is 9.10. The normalized spacial score (nSPS) is 9.87. The topological polar surface area (TPSA) is 23.6 Å². The number of halogens is 1. The monoisotopic (exact) mass is 270 g/mol. The Balaban J connectivity index is 2.71. The van der Waals surface area contributed by atoms with Crippen LogP contribution in [0.15, 0.2) is 28.7 Å². The summed E-state index contributed by atoms with van der Waals surface area (Å²) in [6, 6.07) is 7.91. The average molecular weight is 271 g/mol. The highest BCUT2D eigenvalue weighted by Crippen LogP contribution is 2.17. The molecule has 0 spiro atoms. The molecule has 15 heavy (non-hydrogen) atoms. The molecule has 3 nitrogen and oxygen atoms in total. The summed E-state index contributed by atoms with van der Waals surface area (Å²) in [6.45, 7) is 0.610. The first-order valence-corrected chi connectivity index (χ1v) is 5.47. The zero-order valence-corrected chi connectivity index (χ0v) is 10.8. The van der Waals surface area contributed by atoms with Crippen LogP contribution < -0.4 is 0 Å². The number of hydrogen-bond donors (Lipinski definition) is 0. The number of carbonyl (C=O) groups excluding carboxylic acids is 1. The maximum atomic E-state index is 11.6. The lowest BCUT2D eigenvalue weighted by molar-refractivity contribution is 0.180. The first-order chi connectivity index (χ1) is 7.02. The predicted octanol–water partition coefficient (Wildman–Crippen LogP) is 2.56. The van der Waals surface area contributed by atoms with Gasteiger partial charge in [0, 0.05) is 32.2 Å². The van der Waals surface area contributed by atoms with Gasteiger partial charge < -0.3 is 9.80 Å². The second-order valence-electron chi connectivity index (χ2n) is 3.62. The van der Waals surface area contributed by atoms with Crippen LogP contribution in [0.2, 0.25) is 0 Å². The summed E-state index contributed by atoms with van der Waals surface area (Å²) in [5.74, 6) is 0. The molecule has 0 aliphatic heterocycles. The maximum Gasteiger partial charge on any atom is 0.319 e. The van der Waals surface area contributed by atoms with Gasteiger partial charge in [-0.2, -0.15) is 0 Å². The van der Waals surface area contributed by atoms with Gasteiger partial charge in [0.05, 0.1) is 0 Å². The summed E-state index contributed by atoms with van der Waals surface area (Å²) in [5, 5.41) is 0. The van der Waals surface area contributed by atoms with Gasteiger partial charge in [-0.15, -0.1) is 0 Å². The van der Waals surface area contributed by atoms with E-state index in [-0.39, 0.29) is 6.03 Å². The van der Waals surface area contributed by atoms with E-state index in [0.717, 1.165) is 10.0 Å². The fraction of sp³-hybridized carbons (Fsp3) is 0.364. The Kier molecular flexibility index (Phi) is 4.15. The second kappa shape index (κ2) is 5.16. The molecule has 1 aromatic carbocycles. The van der Waals surface area contributed by atoms with Gasteiger partial charge in [-0.1, -0.05) is 34.1 Å². The van der Waals surface area contributed by atoms with E-state index in [2.05, 4.69) is 15.9 Å². The third-order valence-corrected chi connectivity index (χ3v) is 2.85. The Morgan fingerprint density at radius 2 is 1.87 bits per heavy atom. The number of hydrogen-bond acceptors (Lipinski definition) is 1. The molecule has 0 saturated heterocycles. The van der Waals surface area contributed by atoms with Gasteiger partial charge in [0.15, 0.2) is 0 Å². The molecule has 0 aromatic heterocycles. The van der Waals surface area contributed by atoms with E-state index >= 15 is 0 Å². The van der Waals surface area contributed by atoms with Crippen molar-refractivity contribution in [3.63, 3.8) is 0 Å². The maximum absolute atomic E-state index is 11.6. The summed E-state index contributed by atoms with van der Waals surface area (Å²) in [5.41, 5.74) is 1.11. The van der Waals surface area contributed by atoms with Crippen molar-refractivity contribution in [3.8, 4) is 0 Å². The third kappa shape index (κ3) is 3.23. The summed E-state index contributed by atoms with van der Waals surface area (Å²) >= 11 is 3.46. The van der Waals surface area contributed by atoms with E-state index in [1.165, 1.54) is 0 Å². The van der Waals surface area contributed by atoms with Crippen LogP contribution in [0.3, 0.4) is 0 Å². The van der Waals surface area contributed by atoms with Crippen LogP contribution in [0.5, 0.6) is 0 Å². The van der Waals surface area contributed by atoms with Crippen molar-refractivity contribution in [1.82, 2.24) is 9.80 Å². The van der Waals surface area contributed by atoms with Gasteiger partial charge >= 0.3 is 6.03 Å². The minimum atomic E-state index is 0.00533. The molecular weight excluding hydrogens is 256 g/mol. The highest BCUT2D eigenvalue weighted by Gasteiger charge is 2.11. The van der Waals surface area contributed by atoms with E-state index in [4.69, 9.17) is 0 Å². The van der Waals surface area contributed by atoms with Gasteiger partial charge in [-0.25, -0.2) is 4.79 Å². The van der Waals surface area contributed by atoms with Crippen molar-refractivity contribution in [3.05, 3.63) is 34.3 Å². The zero-order valence-electron chi connectivity index (χ0n) is 9.20. The van der Waals surface area contributed by atoms with E-state index < -0.39 is 0 Å². The van der Waals surface area contributed by atoms with Crippen LogP contribution in [0.1, 0.15) is 5.56 Å². The molecule has 0 saturated carbocycles. The van der Waals surface area contributed by atoms with Crippen LogP contribution in [0, 0.1) is 0 Å². The fourth-order valence-electron chi connectivity index (χ4n) is 1.29. The lowest BCUT2D eigenvalue weighted by Crippen LogP contribution is -2.35. The van der Waals surface area contributed by atoms with Crippen LogP contribution in [-0.2, 0) is 6.54 Å². The molecule has 1 aromatic rings. The van der Waals surface area contributed by atoms with Crippen molar-refractivity contribution >= 4 is 22.0 Å². The standard InChI is InChI=1S/C11H15BrN2O/c1-13(2)11(15)14(3)8-9-6-4-5-7-10(9)12/h4-7H,8H2,1-3H3. The summed E-state index contributed by atoms with van der Waals surface area (Å²) in [4.78, 5) is 14.8. The molecule has 0 radical (unpaired) electrons. The number of urea groups is 1. The lowest BCUT2D eigenvalue weighted by atomic mass is 10.2. The largest absolute Gasteiger partial charge is 0.331 e. The van der Waals surface area contributed by atoms with Gasteiger partial charge in [0.2, 0.25) is 0 Å². The van der Waals surface area contributed by atoms with Crippen LogP contribution >= 0.6 is 15.9 Å². The van der Waals surface area contributed by atoms with Crippen LogP contribution in [-0.4, -0.2) is 37.0 Å². The van der Waals surface area contributed by atoms with E-state index in [1.54, 1.807) is 30.9 Å².